The Hall–Kier alpha value is -3.41. The van der Waals surface area contributed by atoms with E-state index >= 15 is 0 Å². The molecule has 1 atom stereocenters. The average Bonchev–Trinajstić information content (AvgIpc) is 3.29. The smallest absolute Gasteiger partial charge is 0.306 e. The van der Waals surface area contributed by atoms with Crippen molar-refractivity contribution < 1.29 is 28.6 Å². The molecule has 0 aliphatic rings. The maximum atomic E-state index is 12.8. The number of allylic oxidation sites excluding steroid dienone is 14. The highest BCUT2D eigenvalue weighted by atomic mass is 16.6. The molecule has 1 unspecified atom stereocenters. The summed E-state index contributed by atoms with van der Waals surface area (Å²) < 4.78 is 16.8. The Morgan fingerprint density at radius 1 is 0.328 bits per heavy atom. The van der Waals surface area contributed by atoms with Gasteiger partial charge in [-0.15, -0.1) is 0 Å². The number of hydrogen-bond acceptors (Lipinski definition) is 6. The molecular formula is C58H98O6. The molecule has 6 heteroatoms. The van der Waals surface area contributed by atoms with Crippen LogP contribution in [-0.2, 0) is 28.6 Å². The van der Waals surface area contributed by atoms with Gasteiger partial charge in [0.05, 0.1) is 0 Å². The van der Waals surface area contributed by atoms with Gasteiger partial charge in [0.15, 0.2) is 6.10 Å². The molecule has 0 aromatic carbocycles. The molecule has 0 rings (SSSR count). The van der Waals surface area contributed by atoms with Gasteiger partial charge in [0.1, 0.15) is 13.2 Å². The van der Waals surface area contributed by atoms with E-state index in [9.17, 15) is 14.4 Å². The molecule has 0 N–H and O–H groups in total. The highest BCUT2D eigenvalue weighted by Crippen LogP contribution is 2.14. The lowest BCUT2D eigenvalue weighted by molar-refractivity contribution is -0.167. The molecule has 0 aliphatic heterocycles. The van der Waals surface area contributed by atoms with Crippen LogP contribution in [0.1, 0.15) is 245 Å². The predicted molar refractivity (Wildman–Crippen MR) is 274 cm³/mol. The third-order valence-corrected chi connectivity index (χ3v) is 11.1. The molecule has 0 saturated carbocycles. The van der Waals surface area contributed by atoms with E-state index in [1.54, 1.807) is 0 Å². The number of carbonyl (C=O) groups excluding carboxylic acids is 3. The Morgan fingerprint density at radius 3 is 1.06 bits per heavy atom. The first-order valence-electron chi connectivity index (χ1n) is 26.6. The summed E-state index contributed by atoms with van der Waals surface area (Å²) in [5, 5.41) is 0. The second-order valence-electron chi connectivity index (χ2n) is 17.4. The summed E-state index contributed by atoms with van der Waals surface area (Å²) in [5.41, 5.74) is 0. The number of hydrogen-bond donors (Lipinski definition) is 0. The SMILES string of the molecule is CC/C=C\C/C=C\C/C=C\C/C=C\C/C=C\CCCC(=O)OCC(COC(=O)CCCCCCC/C=C\CCCCC)OC(=O)CCCCCCCCC/C=C\CCCCCCCC. The van der Waals surface area contributed by atoms with Crippen molar-refractivity contribution in [3.8, 4) is 0 Å². The first kappa shape index (κ1) is 60.6. The summed E-state index contributed by atoms with van der Waals surface area (Å²) in [4.78, 5) is 38.0. The minimum atomic E-state index is -0.804. The summed E-state index contributed by atoms with van der Waals surface area (Å²) in [7, 11) is 0. The standard InChI is InChI=1S/C58H98O6/c1-4-7-10-13-16-19-22-25-27-29-31-33-36-39-42-45-48-51-57(60)63-54-55(53-62-56(59)50-47-44-41-38-35-24-21-18-15-12-9-6-3)64-58(61)52-49-46-43-40-37-34-32-30-28-26-23-20-17-14-11-8-5-2/h7,10,16,18-19,21,25-28,31,33,39,42,55H,4-6,8-9,11-15,17,20,22-24,29-30,32,34-38,40-41,43-54H2,1-3H3/b10-7-,19-16-,21-18-,27-25-,28-26-,33-31-,42-39-. The van der Waals surface area contributed by atoms with E-state index in [0.29, 0.717) is 19.3 Å². The average molecular weight is 891 g/mol. The molecule has 0 aliphatic carbocycles. The molecule has 6 nitrogen and oxygen atoms in total. The zero-order valence-corrected chi connectivity index (χ0v) is 41.8. The van der Waals surface area contributed by atoms with Gasteiger partial charge in [-0.05, 0) is 109 Å². The summed E-state index contributed by atoms with van der Waals surface area (Å²) in [6.07, 6.45) is 67.1. The maximum Gasteiger partial charge on any atom is 0.306 e. The first-order valence-corrected chi connectivity index (χ1v) is 26.6. The molecule has 0 spiro atoms. The number of carbonyl (C=O) groups is 3. The third kappa shape index (κ3) is 49.6. The van der Waals surface area contributed by atoms with Gasteiger partial charge in [0.2, 0.25) is 0 Å². The Morgan fingerprint density at radius 2 is 0.625 bits per heavy atom. The fourth-order valence-electron chi connectivity index (χ4n) is 7.11. The summed E-state index contributed by atoms with van der Waals surface area (Å²) in [5.74, 6) is -0.974. The van der Waals surface area contributed by atoms with E-state index in [4.69, 9.17) is 14.2 Å². The second kappa shape index (κ2) is 52.2. The normalized spacial score (nSPS) is 12.7. The van der Waals surface area contributed by atoms with Gasteiger partial charge in [-0.1, -0.05) is 202 Å². The molecule has 0 radical (unpaired) electrons. The van der Waals surface area contributed by atoms with Crippen molar-refractivity contribution in [2.24, 2.45) is 0 Å². The molecular weight excluding hydrogens is 793 g/mol. The zero-order chi connectivity index (χ0) is 46.5. The largest absolute Gasteiger partial charge is 0.462 e. The number of esters is 3. The molecule has 0 saturated heterocycles. The summed E-state index contributed by atoms with van der Waals surface area (Å²) in [6.45, 7) is 6.44. The fourth-order valence-corrected chi connectivity index (χ4v) is 7.11. The van der Waals surface area contributed by atoms with E-state index in [2.05, 4.69) is 106 Å². The van der Waals surface area contributed by atoms with Crippen molar-refractivity contribution >= 4 is 17.9 Å². The lowest BCUT2D eigenvalue weighted by atomic mass is 10.1. The minimum Gasteiger partial charge on any atom is -0.462 e. The van der Waals surface area contributed by atoms with Gasteiger partial charge >= 0.3 is 17.9 Å². The van der Waals surface area contributed by atoms with Crippen LogP contribution in [0.25, 0.3) is 0 Å². The third-order valence-electron chi connectivity index (χ3n) is 11.1. The molecule has 0 fully saturated rings. The summed E-state index contributed by atoms with van der Waals surface area (Å²) >= 11 is 0. The van der Waals surface area contributed by atoms with Crippen molar-refractivity contribution in [2.45, 2.75) is 252 Å². The maximum absolute atomic E-state index is 12.8. The van der Waals surface area contributed by atoms with Crippen LogP contribution in [0.3, 0.4) is 0 Å². The van der Waals surface area contributed by atoms with Crippen LogP contribution >= 0.6 is 0 Å². The van der Waals surface area contributed by atoms with Crippen LogP contribution in [0.15, 0.2) is 85.1 Å². The predicted octanol–water partition coefficient (Wildman–Crippen LogP) is 17.6. The van der Waals surface area contributed by atoms with E-state index in [1.807, 2.05) is 0 Å². The number of ether oxygens (including phenoxy) is 3. The second-order valence-corrected chi connectivity index (χ2v) is 17.4. The van der Waals surface area contributed by atoms with Crippen LogP contribution in [0.2, 0.25) is 0 Å². The molecule has 64 heavy (non-hydrogen) atoms. The van der Waals surface area contributed by atoms with E-state index in [-0.39, 0.29) is 37.5 Å². The van der Waals surface area contributed by atoms with Crippen LogP contribution < -0.4 is 0 Å². The van der Waals surface area contributed by atoms with Gasteiger partial charge in [-0.2, -0.15) is 0 Å². The van der Waals surface area contributed by atoms with Crippen molar-refractivity contribution in [1.29, 1.82) is 0 Å². The molecule has 366 valence electrons. The van der Waals surface area contributed by atoms with Crippen molar-refractivity contribution in [3.05, 3.63) is 85.1 Å². The Labute approximate surface area is 395 Å². The van der Waals surface area contributed by atoms with Crippen molar-refractivity contribution in [2.75, 3.05) is 13.2 Å². The van der Waals surface area contributed by atoms with Crippen LogP contribution in [0.4, 0.5) is 0 Å². The Kier molecular flexibility index (Phi) is 49.4. The molecule has 0 aromatic heterocycles. The van der Waals surface area contributed by atoms with E-state index in [0.717, 1.165) is 89.9 Å². The minimum absolute atomic E-state index is 0.100. The lowest BCUT2D eigenvalue weighted by Crippen LogP contribution is -2.30. The van der Waals surface area contributed by atoms with Gasteiger partial charge in [0.25, 0.3) is 0 Å². The Bertz CT molecular complexity index is 1250. The van der Waals surface area contributed by atoms with Crippen molar-refractivity contribution in [3.63, 3.8) is 0 Å². The van der Waals surface area contributed by atoms with Crippen LogP contribution in [0, 0.1) is 0 Å². The van der Waals surface area contributed by atoms with Crippen LogP contribution in [-0.4, -0.2) is 37.2 Å². The monoisotopic (exact) mass is 891 g/mol. The highest BCUT2D eigenvalue weighted by molar-refractivity contribution is 5.71. The molecule has 0 amide bonds. The lowest BCUT2D eigenvalue weighted by Gasteiger charge is -2.18. The van der Waals surface area contributed by atoms with Crippen molar-refractivity contribution in [1.82, 2.24) is 0 Å². The molecule has 0 bridgehead atoms. The zero-order valence-electron chi connectivity index (χ0n) is 41.8. The van der Waals surface area contributed by atoms with E-state index < -0.39 is 6.10 Å². The topological polar surface area (TPSA) is 78.9 Å². The van der Waals surface area contributed by atoms with Gasteiger partial charge in [0, 0.05) is 19.3 Å². The highest BCUT2D eigenvalue weighted by Gasteiger charge is 2.19. The number of unbranched alkanes of at least 4 members (excludes halogenated alkanes) is 22. The first-order chi connectivity index (χ1) is 31.5. The Balaban J connectivity index is 4.48. The fraction of sp³-hybridized carbons (Fsp3) is 0.707. The van der Waals surface area contributed by atoms with Gasteiger partial charge in [-0.3, -0.25) is 14.4 Å². The summed E-state index contributed by atoms with van der Waals surface area (Å²) in [6, 6.07) is 0. The van der Waals surface area contributed by atoms with Crippen LogP contribution in [0.5, 0.6) is 0 Å². The number of rotatable bonds is 47. The van der Waals surface area contributed by atoms with E-state index in [1.165, 1.54) is 109 Å². The molecule has 0 aromatic rings. The van der Waals surface area contributed by atoms with Gasteiger partial charge < -0.3 is 14.2 Å². The molecule has 0 heterocycles. The van der Waals surface area contributed by atoms with Gasteiger partial charge in [-0.25, -0.2) is 0 Å². The quantitative estimate of drug-likeness (QED) is 0.0262.